The monoisotopic (exact) mass is 164 g/mol. The number of rotatable bonds is 2. The molecule has 0 amide bonds. The van der Waals surface area contributed by atoms with E-state index >= 15 is 0 Å². The van der Waals surface area contributed by atoms with Crippen LogP contribution in [0, 0.1) is 0 Å². The second-order valence-corrected chi connectivity index (χ2v) is 2.49. The molecule has 0 aromatic heterocycles. The van der Waals surface area contributed by atoms with Gasteiger partial charge in [0.15, 0.2) is 0 Å². The summed E-state index contributed by atoms with van der Waals surface area (Å²) in [5.41, 5.74) is 16.4. The fourth-order valence-electron chi connectivity index (χ4n) is 1.17. The zero-order chi connectivity index (χ0) is 8.81. The van der Waals surface area contributed by atoms with Crippen molar-refractivity contribution in [1.82, 2.24) is 0 Å². The predicted molar refractivity (Wildman–Crippen MR) is 44.2 cm³/mol. The largest absolute Gasteiger partial charge is 0.0899 e. The molecule has 2 atom stereocenters. The fourth-order valence-corrected chi connectivity index (χ4v) is 1.17. The summed E-state index contributed by atoms with van der Waals surface area (Å²) < 4.78 is 0. The Bertz CT molecular complexity index is 242. The molecule has 0 spiro atoms. The van der Waals surface area contributed by atoms with Crippen molar-refractivity contribution < 1.29 is 0 Å². The summed E-state index contributed by atoms with van der Waals surface area (Å²) in [5, 5.41) is 7.10. The maximum Gasteiger partial charge on any atom is 0.0495 e. The van der Waals surface area contributed by atoms with Crippen LogP contribution < -0.4 is 0 Å². The maximum absolute atomic E-state index is 8.20. The van der Waals surface area contributed by atoms with E-state index in [-0.39, 0.29) is 12.1 Å². The van der Waals surface area contributed by atoms with E-state index in [9.17, 15) is 0 Å². The first-order chi connectivity index (χ1) is 5.88. The Morgan fingerprint density at radius 2 is 1.42 bits per heavy atom. The van der Waals surface area contributed by atoms with Gasteiger partial charge in [-0.2, -0.15) is 0 Å². The highest BCUT2D eigenvalue weighted by molar-refractivity contribution is 5.01. The summed E-state index contributed by atoms with van der Waals surface area (Å²) in [6, 6.07) is -0.424. The highest BCUT2D eigenvalue weighted by atomic mass is 15.2. The van der Waals surface area contributed by atoms with Crippen LogP contribution in [-0.2, 0) is 0 Å². The third kappa shape index (κ3) is 1.92. The first-order valence-corrected chi connectivity index (χ1v) is 3.62. The summed E-state index contributed by atoms with van der Waals surface area (Å²) in [4.78, 5) is 5.40. The van der Waals surface area contributed by atoms with Crippen LogP contribution in [0.4, 0.5) is 0 Å². The van der Waals surface area contributed by atoms with Crippen molar-refractivity contribution >= 4 is 0 Å². The van der Waals surface area contributed by atoms with Gasteiger partial charge in [0.2, 0.25) is 0 Å². The Balaban J connectivity index is 2.74. The molecule has 62 valence electrons. The van der Waals surface area contributed by atoms with Gasteiger partial charge in [0.05, 0.1) is 0 Å². The van der Waals surface area contributed by atoms with Crippen LogP contribution >= 0.6 is 0 Å². The van der Waals surface area contributed by atoms with E-state index in [0.29, 0.717) is 12.8 Å². The topological polar surface area (TPSA) is 97.5 Å². The molecule has 1 aliphatic rings. The van der Waals surface area contributed by atoms with Crippen molar-refractivity contribution in [3.05, 3.63) is 33.0 Å². The van der Waals surface area contributed by atoms with Crippen LogP contribution in [0.2, 0.25) is 0 Å². The molecule has 0 saturated heterocycles. The first kappa shape index (κ1) is 8.46. The van der Waals surface area contributed by atoms with E-state index in [1.807, 2.05) is 12.2 Å². The minimum absolute atomic E-state index is 0.212. The number of nitrogens with zero attached hydrogens (tertiary/aromatic N) is 6. The average molecular weight is 164 g/mol. The number of hydrogen-bond acceptors (Lipinski definition) is 2. The number of azide groups is 2. The minimum Gasteiger partial charge on any atom is -0.0899 e. The third-order valence-electron chi connectivity index (χ3n) is 1.77. The van der Waals surface area contributed by atoms with Gasteiger partial charge in [0.25, 0.3) is 0 Å². The van der Waals surface area contributed by atoms with Gasteiger partial charge in [-0.25, -0.2) is 0 Å². The smallest absolute Gasteiger partial charge is 0.0495 e. The lowest BCUT2D eigenvalue weighted by Crippen LogP contribution is -2.22. The third-order valence-corrected chi connectivity index (χ3v) is 1.77. The number of hydrogen-bond donors (Lipinski definition) is 0. The lowest BCUT2D eigenvalue weighted by atomic mass is 9.98. The Morgan fingerprint density at radius 3 is 1.75 bits per heavy atom. The molecule has 0 aromatic rings. The van der Waals surface area contributed by atoms with Crippen LogP contribution in [0.3, 0.4) is 0 Å². The summed E-state index contributed by atoms with van der Waals surface area (Å²) in [6.45, 7) is 0. The molecule has 6 heteroatoms. The normalized spacial score (nSPS) is 27.0. The lowest BCUT2D eigenvalue weighted by molar-refractivity contribution is 0.512. The van der Waals surface area contributed by atoms with Gasteiger partial charge in [-0.05, 0) is 23.9 Å². The Kier molecular flexibility index (Phi) is 3.02. The second-order valence-electron chi connectivity index (χ2n) is 2.49. The van der Waals surface area contributed by atoms with Crippen molar-refractivity contribution in [3.63, 3.8) is 0 Å². The molecule has 0 unspecified atom stereocenters. The first-order valence-electron chi connectivity index (χ1n) is 3.62. The zero-order valence-electron chi connectivity index (χ0n) is 6.41. The van der Waals surface area contributed by atoms with E-state index in [1.165, 1.54) is 0 Å². The summed E-state index contributed by atoms with van der Waals surface area (Å²) in [5.74, 6) is 0. The van der Waals surface area contributed by atoms with Gasteiger partial charge in [-0.15, -0.1) is 0 Å². The van der Waals surface area contributed by atoms with Gasteiger partial charge in [-0.3, -0.25) is 0 Å². The summed E-state index contributed by atoms with van der Waals surface area (Å²) in [7, 11) is 0. The van der Waals surface area contributed by atoms with Gasteiger partial charge in [-0.1, -0.05) is 22.4 Å². The molecule has 0 aliphatic heterocycles. The van der Waals surface area contributed by atoms with Crippen LogP contribution in [0.1, 0.15) is 12.8 Å². The Hall–Kier alpha value is -1.64. The Labute approximate surface area is 69.1 Å². The highest BCUT2D eigenvalue weighted by Crippen LogP contribution is 2.18. The molecule has 0 aromatic carbocycles. The second kappa shape index (κ2) is 4.28. The molecular weight excluding hydrogens is 156 g/mol. The Morgan fingerprint density at radius 1 is 1.00 bits per heavy atom. The maximum atomic E-state index is 8.20. The molecule has 0 bridgehead atoms. The average Bonchev–Trinajstić information content (AvgIpc) is 2.09. The molecule has 12 heavy (non-hydrogen) atoms. The highest BCUT2D eigenvalue weighted by Gasteiger charge is 2.19. The predicted octanol–water partition coefficient (Wildman–Crippen LogP) is 2.69. The molecular formula is C6H8N6. The molecule has 6 nitrogen and oxygen atoms in total. The van der Waals surface area contributed by atoms with E-state index < -0.39 is 0 Å². The molecule has 0 fully saturated rings. The SMILES string of the molecule is [N-]=[N+]=N[C@H]1CC=CC[C@@H]1N=[N+]=[N-]. The molecule has 0 N–H and O–H groups in total. The van der Waals surface area contributed by atoms with E-state index in [2.05, 4.69) is 20.1 Å². The van der Waals surface area contributed by atoms with E-state index in [4.69, 9.17) is 11.1 Å². The van der Waals surface area contributed by atoms with Crippen LogP contribution in [0.5, 0.6) is 0 Å². The van der Waals surface area contributed by atoms with Crippen LogP contribution in [0.25, 0.3) is 20.9 Å². The summed E-state index contributed by atoms with van der Waals surface area (Å²) >= 11 is 0. The molecule has 0 radical (unpaired) electrons. The van der Waals surface area contributed by atoms with Gasteiger partial charge in [0.1, 0.15) is 0 Å². The van der Waals surface area contributed by atoms with Crippen molar-refractivity contribution in [1.29, 1.82) is 0 Å². The quantitative estimate of drug-likeness (QED) is 0.259. The van der Waals surface area contributed by atoms with E-state index in [1.54, 1.807) is 0 Å². The molecule has 1 aliphatic carbocycles. The van der Waals surface area contributed by atoms with Gasteiger partial charge < -0.3 is 0 Å². The fraction of sp³-hybridized carbons (Fsp3) is 0.667. The van der Waals surface area contributed by atoms with Gasteiger partial charge >= 0.3 is 0 Å². The minimum atomic E-state index is -0.212. The molecule has 0 heterocycles. The van der Waals surface area contributed by atoms with Crippen LogP contribution in [0.15, 0.2) is 22.4 Å². The van der Waals surface area contributed by atoms with Crippen molar-refractivity contribution in [2.45, 2.75) is 24.9 Å². The lowest BCUT2D eigenvalue weighted by Gasteiger charge is -2.19. The van der Waals surface area contributed by atoms with Gasteiger partial charge in [0, 0.05) is 21.9 Å². The van der Waals surface area contributed by atoms with Crippen molar-refractivity contribution in [2.75, 3.05) is 0 Å². The zero-order valence-corrected chi connectivity index (χ0v) is 6.41. The van der Waals surface area contributed by atoms with E-state index in [0.717, 1.165) is 0 Å². The van der Waals surface area contributed by atoms with Crippen LogP contribution in [-0.4, -0.2) is 12.1 Å². The molecule has 0 saturated carbocycles. The van der Waals surface area contributed by atoms with Crippen molar-refractivity contribution in [2.24, 2.45) is 10.2 Å². The molecule has 1 rings (SSSR count). The summed E-state index contributed by atoms with van der Waals surface area (Å²) in [6.07, 6.45) is 5.19. The standard InChI is InChI=1S/C6H8N6/c7-11-9-5-3-1-2-4-6(5)10-12-8/h1-2,5-6H,3-4H2/t5-,6-/m0/s1. The van der Waals surface area contributed by atoms with Crippen molar-refractivity contribution in [3.8, 4) is 0 Å².